The number of esters is 1. The van der Waals surface area contributed by atoms with Gasteiger partial charge in [-0.2, -0.15) is 0 Å². The highest BCUT2D eigenvalue weighted by Crippen LogP contribution is 2.54. The molecule has 10 heteroatoms. The van der Waals surface area contributed by atoms with Gasteiger partial charge in [0, 0.05) is 17.5 Å². The number of nitrogens with zero attached hydrogens (tertiary/aromatic N) is 1. The second kappa shape index (κ2) is 6.73. The van der Waals surface area contributed by atoms with Gasteiger partial charge in [0.15, 0.2) is 11.4 Å². The summed E-state index contributed by atoms with van der Waals surface area (Å²) < 4.78 is 17.6. The summed E-state index contributed by atoms with van der Waals surface area (Å²) in [5, 5.41) is 33.8. The van der Waals surface area contributed by atoms with Crippen LogP contribution in [0.1, 0.15) is 30.4 Å². The number of phenols is 1. The molecule has 174 valence electrons. The standard InChI is InChI=1S/C24H19NO9/c1-32-16(28)8-24-15(27)6-5-13(26)19(24)22(30)18-14(33-24)7-10-9-25-20-11(17(10)21(18)29)3-2-4-12(20)23(31)34-25/h2-4,7,15,27,29-30H,5-6,8-9H2,1H3/t15-,24+/m0/s1. The predicted molar refractivity (Wildman–Crippen MR) is 116 cm³/mol. The van der Waals surface area contributed by atoms with Gasteiger partial charge in [0.1, 0.15) is 22.8 Å². The molecule has 0 radical (unpaired) electrons. The Bertz CT molecular complexity index is 1530. The fourth-order valence-corrected chi connectivity index (χ4v) is 5.40. The van der Waals surface area contributed by atoms with E-state index in [9.17, 15) is 29.7 Å². The van der Waals surface area contributed by atoms with Gasteiger partial charge in [-0.3, -0.25) is 9.59 Å². The molecule has 10 nitrogen and oxygen atoms in total. The summed E-state index contributed by atoms with van der Waals surface area (Å²) in [7, 11) is 1.17. The molecule has 0 unspecified atom stereocenters. The van der Waals surface area contributed by atoms with Crippen molar-refractivity contribution in [3.63, 3.8) is 0 Å². The molecular weight excluding hydrogens is 446 g/mol. The summed E-state index contributed by atoms with van der Waals surface area (Å²) in [6.45, 7) is 0.0953. The Balaban J connectivity index is 1.64. The summed E-state index contributed by atoms with van der Waals surface area (Å²) in [6.07, 6.45) is -1.83. The molecule has 3 heterocycles. The molecule has 0 amide bonds. The van der Waals surface area contributed by atoms with E-state index in [0.717, 1.165) is 0 Å². The lowest BCUT2D eigenvalue weighted by molar-refractivity contribution is -0.150. The minimum atomic E-state index is -1.86. The third-order valence-corrected chi connectivity index (χ3v) is 6.91. The SMILES string of the molecule is COC(=O)C[C@]12Oc3cc4c(c(O)c3C(O)=C1C(=O)CC[C@@H]2O)-c1cccc2c(=O)on(c12)C4. The number of para-hydroxylation sites is 1. The summed E-state index contributed by atoms with van der Waals surface area (Å²) >= 11 is 0. The fourth-order valence-electron chi connectivity index (χ4n) is 5.40. The van der Waals surface area contributed by atoms with Crippen molar-refractivity contribution in [3.05, 3.63) is 51.4 Å². The van der Waals surface area contributed by atoms with E-state index in [2.05, 4.69) is 0 Å². The number of aliphatic hydroxyl groups is 2. The minimum Gasteiger partial charge on any atom is -0.506 e. The summed E-state index contributed by atoms with van der Waals surface area (Å²) in [4.78, 5) is 37.4. The Morgan fingerprint density at radius 1 is 1.26 bits per heavy atom. The molecule has 0 saturated heterocycles. The van der Waals surface area contributed by atoms with Gasteiger partial charge in [-0.05, 0) is 24.1 Å². The lowest BCUT2D eigenvalue weighted by Gasteiger charge is -2.45. The van der Waals surface area contributed by atoms with Gasteiger partial charge < -0.3 is 29.3 Å². The molecule has 2 aromatic carbocycles. The molecule has 1 saturated carbocycles. The molecule has 3 N–H and O–H groups in total. The van der Waals surface area contributed by atoms with Crippen molar-refractivity contribution in [1.29, 1.82) is 0 Å². The van der Waals surface area contributed by atoms with Crippen LogP contribution in [0.2, 0.25) is 0 Å². The molecule has 0 bridgehead atoms. The summed E-state index contributed by atoms with van der Waals surface area (Å²) in [5.74, 6) is -2.16. The minimum absolute atomic E-state index is 0.0136. The zero-order valence-electron chi connectivity index (χ0n) is 18.0. The first-order valence-corrected chi connectivity index (χ1v) is 10.7. The lowest BCUT2D eigenvalue weighted by atomic mass is 9.72. The molecule has 3 aliphatic rings. The van der Waals surface area contributed by atoms with E-state index in [1.807, 2.05) is 0 Å². The van der Waals surface area contributed by atoms with Crippen molar-refractivity contribution < 1.29 is 38.9 Å². The maximum Gasteiger partial charge on any atom is 0.365 e. The van der Waals surface area contributed by atoms with Crippen LogP contribution in [0, 0.1) is 0 Å². The van der Waals surface area contributed by atoms with Crippen LogP contribution in [-0.4, -0.2) is 50.6 Å². The van der Waals surface area contributed by atoms with Crippen molar-refractivity contribution >= 4 is 28.4 Å². The van der Waals surface area contributed by atoms with Gasteiger partial charge in [-0.1, -0.05) is 12.1 Å². The number of carbonyl (C=O) groups excluding carboxylic acids is 2. The van der Waals surface area contributed by atoms with Crippen molar-refractivity contribution in [1.82, 2.24) is 4.74 Å². The van der Waals surface area contributed by atoms with Gasteiger partial charge in [-0.25, -0.2) is 9.53 Å². The molecule has 1 aliphatic carbocycles. The van der Waals surface area contributed by atoms with Crippen molar-refractivity contribution in [2.24, 2.45) is 0 Å². The van der Waals surface area contributed by atoms with Gasteiger partial charge >= 0.3 is 11.6 Å². The first-order chi connectivity index (χ1) is 16.3. The number of Topliss-reactive ketones (excluding diaryl/α,β-unsaturated/α-hetero) is 1. The summed E-state index contributed by atoms with van der Waals surface area (Å²) in [5.41, 5.74) is -0.858. The lowest BCUT2D eigenvalue weighted by Crippen LogP contribution is -2.57. The number of aliphatic hydroxyl groups excluding tert-OH is 2. The van der Waals surface area contributed by atoms with E-state index in [-0.39, 0.29) is 42.0 Å². The highest BCUT2D eigenvalue weighted by Gasteiger charge is 2.56. The number of aromatic hydroxyl groups is 1. The number of phenolic OH excluding ortho intramolecular Hbond substituents is 1. The van der Waals surface area contributed by atoms with Crippen LogP contribution in [0.15, 0.2) is 39.2 Å². The Hall–Kier alpha value is -4.05. The Morgan fingerprint density at radius 2 is 2.06 bits per heavy atom. The first kappa shape index (κ1) is 20.5. The molecular formula is C24H19NO9. The number of hydrogen-bond acceptors (Lipinski definition) is 9. The monoisotopic (exact) mass is 465 g/mol. The molecule has 1 aromatic heterocycles. The van der Waals surface area contributed by atoms with E-state index in [1.54, 1.807) is 24.3 Å². The molecule has 34 heavy (non-hydrogen) atoms. The number of hydrogen-bond donors (Lipinski definition) is 3. The quantitative estimate of drug-likeness (QED) is 0.378. The molecule has 2 atom stereocenters. The van der Waals surface area contributed by atoms with E-state index >= 15 is 0 Å². The average Bonchev–Trinajstić information content (AvgIpc) is 3.12. The van der Waals surface area contributed by atoms with Gasteiger partial charge in [0.2, 0.25) is 0 Å². The maximum absolute atomic E-state index is 12.9. The van der Waals surface area contributed by atoms with Crippen LogP contribution >= 0.6 is 0 Å². The topological polar surface area (TPSA) is 148 Å². The third kappa shape index (κ3) is 2.45. The fraction of sp³-hybridized carbons (Fsp3) is 0.292. The van der Waals surface area contributed by atoms with Gasteiger partial charge in [0.25, 0.3) is 0 Å². The number of fused-ring (bicyclic) bond motifs is 4. The van der Waals surface area contributed by atoms with Crippen LogP contribution in [0.3, 0.4) is 0 Å². The number of ether oxygens (including phenoxy) is 2. The second-order valence-electron chi connectivity index (χ2n) is 8.70. The van der Waals surface area contributed by atoms with Crippen LogP contribution < -0.4 is 10.4 Å². The predicted octanol–water partition coefficient (Wildman–Crippen LogP) is 2.02. The highest BCUT2D eigenvalue weighted by molar-refractivity contribution is 6.08. The van der Waals surface area contributed by atoms with Gasteiger partial charge in [-0.15, -0.1) is 0 Å². The average molecular weight is 465 g/mol. The van der Waals surface area contributed by atoms with Crippen LogP contribution in [0.25, 0.3) is 27.8 Å². The molecule has 2 aliphatic heterocycles. The van der Waals surface area contributed by atoms with E-state index in [0.29, 0.717) is 27.6 Å². The molecule has 0 spiro atoms. The normalized spacial score (nSPS) is 22.6. The number of carbonyl (C=O) groups is 2. The van der Waals surface area contributed by atoms with Crippen LogP contribution in [0.4, 0.5) is 0 Å². The number of benzene rings is 2. The van der Waals surface area contributed by atoms with Gasteiger partial charge in [0.05, 0.1) is 42.7 Å². The number of rotatable bonds is 2. The van der Waals surface area contributed by atoms with Crippen molar-refractivity contribution in [3.8, 4) is 22.6 Å². The second-order valence-corrected chi connectivity index (χ2v) is 8.70. The van der Waals surface area contributed by atoms with E-state index in [4.69, 9.17) is 14.0 Å². The number of ketones is 1. The van der Waals surface area contributed by atoms with Crippen LogP contribution in [0.5, 0.6) is 11.5 Å². The molecule has 3 aromatic rings. The Morgan fingerprint density at radius 3 is 2.82 bits per heavy atom. The number of methoxy groups -OCH3 is 1. The maximum atomic E-state index is 12.9. The third-order valence-electron chi connectivity index (χ3n) is 6.91. The van der Waals surface area contributed by atoms with E-state index in [1.165, 1.54) is 11.8 Å². The van der Waals surface area contributed by atoms with E-state index < -0.39 is 41.3 Å². The Kier molecular flexibility index (Phi) is 4.07. The Labute approximate surface area is 191 Å². The summed E-state index contributed by atoms with van der Waals surface area (Å²) in [6, 6.07) is 6.53. The molecule has 1 fully saturated rings. The highest BCUT2D eigenvalue weighted by atomic mass is 16.5. The largest absolute Gasteiger partial charge is 0.506 e. The molecule has 6 rings (SSSR count). The number of aromatic nitrogens is 1. The zero-order chi connectivity index (χ0) is 23.9. The van der Waals surface area contributed by atoms with Crippen LogP contribution in [-0.2, 0) is 20.9 Å². The smallest absolute Gasteiger partial charge is 0.365 e. The zero-order valence-corrected chi connectivity index (χ0v) is 18.0. The first-order valence-electron chi connectivity index (χ1n) is 10.7. The van der Waals surface area contributed by atoms with Crippen molar-refractivity contribution in [2.45, 2.75) is 37.5 Å². The van der Waals surface area contributed by atoms with Crippen molar-refractivity contribution in [2.75, 3.05) is 7.11 Å².